The quantitative estimate of drug-likeness (QED) is 0.538. The van der Waals surface area contributed by atoms with E-state index in [4.69, 9.17) is 28.3 Å². The fraction of sp³-hybridized carbons (Fsp3) is 0.167. The van der Waals surface area contributed by atoms with Gasteiger partial charge in [0, 0.05) is 22.0 Å². The first-order valence-electron chi connectivity index (χ1n) is 7.83. The van der Waals surface area contributed by atoms with E-state index in [1.807, 2.05) is 0 Å². The Kier molecular flexibility index (Phi) is 7.97. The molecule has 27 heavy (non-hydrogen) atoms. The van der Waals surface area contributed by atoms with Gasteiger partial charge in [-0.3, -0.25) is 14.4 Å². The van der Waals surface area contributed by atoms with Gasteiger partial charge in [0.15, 0.2) is 0 Å². The molecule has 0 saturated carbocycles. The molecule has 142 valence electrons. The molecule has 0 unspecified atom stereocenters. The second kappa shape index (κ2) is 10.2. The van der Waals surface area contributed by atoms with Crippen molar-refractivity contribution in [3.8, 4) is 0 Å². The van der Waals surface area contributed by atoms with Crippen LogP contribution >= 0.6 is 35.0 Å². The smallest absolute Gasteiger partial charge is 0.303 e. The van der Waals surface area contributed by atoms with E-state index in [0.717, 1.165) is 4.90 Å². The lowest BCUT2D eigenvalue weighted by molar-refractivity contribution is -0.138. The van der Waals surface area contributed by atoms with Crippen LogP contribution in [0.5, 0.6) is 0 Å². The molecule has 0 spiro atoms. The van der Waals surface area contributed by atoms with E-state index in [1.54, 1.807) is 42.5 Å². The molecular weight excluding hydrogens is 411 g/mol. The van der Waals surface area contributed by atoms with E-state index in [1.165, 1.54) is 11.8 Å². The number of carbonyl (C=O) groups excluding carboxylic acids is 2. The number of carbonyl (C=O) groups is 3. The average Bonchev–Trinajstić information content (AvgIpc) is 2.62. The largest absolute Gasteiger partial charge is 0.481 e. The van der Waals surface area contributed by atoms with Crippen LogP contribution in [0, 0.1) is 0 Å². The summed E-state index contributed by atoms with van der Waals surface area (Å²) in [4.78, 5) is 35.1. The van der Waals surface area contributed by atoms with Crippen molar-refractivity contribution in [3.63, 3.8) is 0 Å². The summed E-state index contributed by atoms with van der Waals surface area (Å²) in [6, 6.07) is 11.7. The molecular formula is C18H16Cl2N2O4S. The van der Waals surface area contributed by atoms with Gasteiger partial charge in [-0.15, -0.1) is 11.8 Å². The number of nitrogens with one attached hydrogen (secondary N) is 2. The summed E-state index contributed by atoms with van der Waals surface area (Å²) < 4.78 is 0. The van der Waals surface area contributed by atoms with Crippen molar-refractivity contribution in [2.75, 3.05) is 16.4 Å². The van der Waals surface area contributed by atoms with Crippen LogP contribution in [-0.2, 0) is 14.4 Å². The minimum Gasteiger partial charge on any atom is -0.481 e. The summed E-state index contributed by atoms with van der Waals surface area (Å²) in [6.45, 7) is 0. The number of hydrogen-bond donors (Lipinski definition) is 3. The molecule has 0 aliphatic heterocycles. The molecule has 0 heterocycles. The van der Waals surface area contributed by atoms with E-state index < -0.39 is 5.97 Å². The van der Waals surface area contributed by atoms with Crippen molar-refractivity contribution in [1.29, 1.82) is 0 Å². The number of anilines is 2. The molecule has 2 rings (SSSR count). The standard InChI is InChI=1S/C18H16Cl2N2O4S/c19-11-4-5-14(20)15(8-11)22-17(24)10-27-13-3-1-2-12(9-13)21-16(23)6-7-18(25)26/h1-5,8-9H,6-7,10H2,(H,21,23)(H,22,24)(H,25,26). The average molecular weight is 427 g/mol. The van der Waals surface area contributed by atoms with Crippen LogP contribution in [0.4, 0.5) is 11.4 Å². The Balaban J connectivity index is 1.88. The highest BCUT2D eigenvalue weighted by Gasteiger charge is 2.09. The summed E-state index contributed by atoms with van der Waals surface area (Å²) in [6.07, 6.45) is -0.331. The zero-order valence-corrected chi connectivity index (χ0v) is 16.3. The van der Waals surface area contributed by atoms with E-state index in [9.17, 15) is 14.4 Å². The first kappa shape index (κ1) is 21.1. The van der Waals surface area contributed by atoms with Crippen molar-refractivity contribution in [2.24, 2.45) is 0 Å². The zero-order valence-electron chi connectivity index (χ0n) is 14.0. The Morgan fingerprint density at radius 2 is 1.74 bits per heavy atom. The lowest BCUT2D eigenvalue weighted by atomic mass is 10.2. The third-order valence-corrected chi connectivity index (χ3v) is 4.81. The zero-order chi connectivity index (χ0) is 19.8. The Morgan fingerprint density at radius 3 is 2.48 bits per heavy atom. The van der Waals surface area contributed by atoms with Gasteiger partial charge in [0.05, 0.1) is 22.9 Å². The second-order valence-corrected chi connectivity index (χ2v) is 7.32. The number of thioether (sulfide) groups is 1. The maximum Gasteiger partial charge on any atom is 0.303 e. The van der Waals surface area contributed by atoms with Gasteiger partial charge >= 0.3 is 5.97 Å². The summed E-state index contributed by atoms with van der Waals surface area (Å²) >= 11 is 13.2. The van der Waals surface area contributed by atoms with Gasteiger partial charge in [-0.25, -0.2) is 0 Å². The number of aliphatic carboxylic acids is 1. The Morgan fingerprint density at radius 1 is 0.963 bits per heavy atom. The molecule has 6 nitrogen and oxygen atoms in total. The molecule has 0 radical (unpaired) electrons. The molecule has 0 aromatic heterocycles. The molecule has 2 amide bonds. The molecule has 0 aliphatic rings. The maximum atomic E-state index is 12.1. The topological polar surface area (TPSA) is 95.5 Å². The predicted octanol–water partition coefficient (Wildman–Crippen LogP) is 4.53. The van der Waals surface area contributed by atoms with Gasteiger partial charge in [-0.2, -0.15) is 0 Å². The van der Waals surface area contributed by atoms with Crippen LogP contribution in [0.1, 0.15) is 12.8 Å². The Bertz CT molecular complexity index is 861. The van der Waals surface area contributed by atoms with Crippen LogP contribution in [0.3, 0.4) is 0 Å². The number of carboxylic acid groups (broad SMARTS) is 1. The van der Waals surface area contributed by atoms with Crippen molar-refractivity contribution in [1.82, 2.24) is 0 Å². The predicted molar refractivity (Wildman–Crippen MR) is 108 cm³/mol. The maximum absolute atomic E-state index is 12.1. The fourth-order valence-electron chi connectivity index (χ4n) is 2.04. The van der Waals surface area contributed by atoms with Crippen molar-refractivity contribution < 1.29 is 19.5 Å². The first-order chi connectivity index (χ1) is 12.8. The number of hydrogen-bond acceptors (Lipinski definition) is 4. The van der Waals surface area contributed by atoms with E-state index in [-0.39, 0.29) is 30.4 Å². The molecule has 2 aromatic carbocycles. The third-order valence-electron chi connectivity index (χ3n) is 3.26. The Hall–Kier alpha value is -2.22. The molecule has 0 bridgehead atoms. The van der Waals surface area contributed by atoms with Crippen LogP contribution in [-0.4, -0.2) is 28.6 Å². The first-order valence-corrected chi connectivity index (χ1v) is 9.57. The highest BCUT2D eigenvalue weighted by atomic mass is 35.5. The van der Waals surface area contributed by atoms with E-state index >= 15 is 0 Å². The monoisotopic (exact) mass is 426 g/mol. The lowest BCUT2D eigenvalue weighted by Crippen LogP contribution is -2.14. The van der Waals surface area contributed by atoms with Crippen LogP contribution in [0.2, 0.25) is 10.0 Å². The normalized spacial score (nSPS) is 10.3. The number of halogens is 2. The number of rotatable bonds is 8. The molecule has 0 aliphatic carbocycles. The molecule has 0 saturated heterocycles. The van der Waals surface area contributed by atoms with Crippen LogP contribution in [0.25, 0.3) is 0 Å². The highest BCUT2D eigenvalue weighted by Crippen LogP contribution is 2.26. The third kappa shape index (κ3) is 7.50. The molecule has 3 N–H and O–H groups in total. The molecule has 0 fully saturated rings. The van der Waals surface area contributed by atoms with Crippen LogP contribution < -0.4 is 10.6 Å². The van der Waals surface area contributed by atoms with E-state index in [0.29, 0.717) is 21.4 Å². The minimum atomic E-state index is -1.03. The molecule has 2 aromatic rings. The van der Waals surface area contributed by atoms with Gasteiger partial charge < -0.3 is 15.7 Å². The summed E-state index contributed by atoms with van der Waals surface area (Å²) in [7, 11) is 0. The number of carboxylic acids is 1. The van der Waals surface area contributed by atoms with Gasteiger partial charge in [-0.05, 0) is 36.4 Å². The summed E-state index contributed by atoms with van der Waals surface area (Å²) in [5.41, 5.74) is 0.975. The van der Waals surface area contributed by atoms with Crippen LogP contribution in [0.15, 0.2) is 47.4 Å². The Labute approximate surface area is 170 Å². The van der Waals surface area contributed by atoms with Crippen molar-refractivity contribution >= 4 is 64.1 Å². The van der Waals surface area contributed by atoms with Crippen molar-refractivity contribution in [3.05, 3.63) is 52.5 Å². The van der Waals surface area contributed by atoms with Gasteiger partial charge in [0.1, 0.15) is 0 Å². The minimum absolute atomic E-state index is 0.102. The lowest BCUT2D eigenvalue weighted by Gasteiger charge is -2.09. The van der Waals surface area contributed by atoms with Crippen molar-refractivity contribution in [2.45, 2.75) is 17.7 Å². The molecule has 0 atom stereocenters. The molecule has 9 heteroatoms. The summed E-state index contributed by atoms with van der Waals surface area (Å²) in [5, 5.41) is 14.8. The highest BCUT2D eigenvalue weighted by molar-refractivity contribution is 8.00. The van der Waals surface area contributed by atoms with E-state index in [2.05, 4.69) is 10.6 Å². The number of benzene rings is 2. The van der Waals surface area contributed by atoms with Gasteiger partial charge in [-0.1, -0.05) is 29.3 Å². The number of amides is 2. The SMILES string of the molecule is O=C(O)CCC(=O)Nc1cccc(SCC(=O)Nc2cc(Cl)ccc2Cl)c1. The summed E-state index contributed by atoms with van der Waals surface area (Å²) in [5.74, 6) is -1.52. The second-order valence-electron chi connectivity index (χ2n) is 5.43. The van der Waals surface area contributed by atoms with Gasteiger partial charge in [0.2, 0.25) is 11.8 Å². The fourth-order valence-corrected chi connectivity index (χ4v) is 3.13. The van der Waals surface area contributed by atoms with Gasteiger partial charge in [0.25, 0.3) is 0 Å².